The zero-order valence-electron chi connectivity index (χ0n) is 13.5. The third kappa shape index (κ3) is 6.93. The first-order valence-corrected chi connectivity index (χ1v) is 7.52. The zero-order chi connectivity index (χ0) is 17.6. The standard InChI is InChI=1S/C19H17N5O/c20-14-18-15-21-10-11-24-17-22-16-19(24)8-4-3-7-13-25-12-6-2-1-5-9-23-18/h1-13,15-16H,17H2. The van der Waals surface area contributed by atoms with Crippen molar-refractivity contribution in [2.24, 2.45) is 4.99 Å². The summed E-state index contributed by atoms with van der Waals surface area (Å²) in [5, 5.41) is 9.03. The maximum Gasteiger partial charge on any atom is 0.158 e. The maximum absolute atomic E-state index is 9.03. The SMILES string of the molecule is N#Cc1cnccn2c(cccccoccccccn1)C=NC2. The second-order valence-electron chi connectivity index (χ2n) is 4.62. The summed E-state index contributed by atoms with van der Waals surface area (Å²) in [5.41, 5.74) is 1.15. The van der Waals surface area contributed by atoms with Gasteiger partial charge in [0.05, 0.1) is 24.4 Å². The van der Waals surface area contributed by atoms with E-state index >= 15 is 0 Å². The highest BCUT2D eigenvalue weighted by Crippen LogP contribution is 2.00. The van der Waals surface area contributed by atoms with Crippen LogP contribution in [-0.4, -0.2) is 20.7 Å². The average Bonchev–Trinajstić information content (AvgIpc) is 3.07. The van der Waals surface area contributed by atoms with E-state index in [-0.39, 0.29) is 5.69 Å². The Bertz CT molecular complexity index is 874. The number of rotatable bonds is 0. The van der Waals surface area contributed by atoms with E-state index in [2.05, 4.69) is 15.0 Å². The zero-order valence-corrected chi connectivity index (χ0v) is 13.5. The van der Waals surface area contributed by atoms with Crippen LogP contribution in [0.4, 0.5) is 0 Å². The molecule has 0 spiro atoms. The highest BCUT2D eigenvalue weighted by molar-refractivity contribution is 5.78. The molecule has 1 aliphatic rings. The molecule has 1 aromatic heterocycles. The Hall–Kier alpha value is -3.72. The number of fused-ring (bicyclic) bond motifs is 1. The average molecular weight is 331 g/mol. The maximum atomic E-state index is 9.03. The Balaban J connectivity index is 2.49. The molecule has 0 aliphatic carbocycles. The van der Waals surface area contributed by atoms with Gasteiger partial charge in [-0.25, -0.2) is 4.98 Å². The van der Waals surface area contributed by atoms with Crippen LogP contribution in [0, 0.1) is 11.3 Å². The molecular formula is C19H17N5O. The molecule has 0 saturated carbocycles. The third-order valence-electron chi connectivity index (χ3n) is 2.87. The van der Waals surface area contributed by atoms with E-state index in [1.807, 2.05) is 28.8 Å². The molecule has 2 heterocycles. The van der Waals surface area contributed by atoms with Crippen molar-refractivity contribution in [1.82, 2.24) is 14.5 Å². The van der Waals surface area contributed by atoms with Gasteiger partial charge >= 0.3 is 0 Å². The fourth-order valence-corrected chi connectivity index (χ4v) is 1.72. The normalized spacial score (nSPS) is 10.0. The molecule has 1 aliphatic heterocycles. The quantitative estimate of drug-likeness (QED) is 0.727. The monoisotopic (exact) mass is 331 g/mol. The predicted molar refractivity (Wildman–Crippen MR) is 95.1 cm³/mol. The Kier molecular flexibility index (Phi) is 7.70. The van der Waals surface area contributed by atoms with Gasteiger partial charge in [-0.3, -0.25) is 9.98 Å². The van der Waals surface area contributed by atoms with Crippen molar-refractivity contribution in [2.75, 3.05) is 0 Å². The van der Waals surface area contributed by atoms with E-state index in [0.29, 0.717) is 6.67 Å². The number of hydrogen-bond acceptors (Lipinski definition) is 5. The van der Waals surface area contributed by atoms with E-state index in [0.717, 1.165) is 5.69 Å². The molecule has 0 saturated heterocycles. The van der Waals surface area contributed by atoms with Gasteiger partial charge in [0.1, 0.15) is 12.7 Å². The molecule has 0 fully saturated rings. The molecule has 6 nitrogen and oxygen atoms in total. The molecule has 2 rings (SSSR count). The molecule has 25 heavy (non-hydrogen) atoms. The van der Waals surface area contributed by atoms with Gasteiger partial charge in [0.2, 0.25) is 0 Å². The summed E-state index contributed by atoms with van der Waals surface area (Å²) < 4.78 is 7.12. The molecule has 0 N–H and O–H groups in total. The Labute approximate surface area is 146 Å². The molecule has 124 valence electrons. The predicted octanol–water partition coefficient (Wildman–Crippen LogP) is 3.63. The summed E-state index contributed by atoms with van der Waals surface area (Å²) in [6.45, 7) is 0.531. The summed E-state index contributed by atoms with van der Waals surface area (Å²) in [7, 11) is 0. The van der Waals surface area contributed by atoms with Crippen molar-refractivity contribution in [3.05, 3.63) is 97.2 Å². The van der Waals surface area contributed by atoms with Crippen molar-refractivity contribution >= 4 is 6.21 Å². The molecule has 0 radical (unpaired) electrons. The highest BCUT2D eigenvalue weighted by Gasteiger charge is 1.96. The van der Waals surface area contributed by atoms with E-state index in [1.165, 1.54) is 12.4 Å². The van der Waals surface area contributed by atoms with Gasteiger partial charge in [-0.2, -0.15) is 5.26 Å². The molecule has 0 bridgehead atoms. The van der Waals surface area contributed by atoms with E-state index in [1.54, 1.807) is 61.5 Å². The van der Waals surface area contributed by atoms with Crippen LogP contribution in [0.15, 0.2) is 95.3 Å². The molecule has 0 unspecified atom stereocenters. The summed E-state index contributed by atoms with van der Waals surface area (Å²) in [6.07, 6.45) is 11.2. The second-order valence-corrected chi connectivity index (χ2v) is 4.62. The third-order valence-corrected chi connectivity index (χ3v) is 2.87. The lowest BCUT2D eigenvalue weighted by Crippen LogP contribution is -1.93. The lowest BCUT2D eigenvalue weighted by Gasteiger charge is -1.94. The molecule has 0 aromatic carbocycles. The van der Waals surface area contributed by atoms with Crippen LogP contribution in [0.1, 0.15) is 11.4 Å². The van der Waals surface area contributed by atoms with Gasteiger partial charge in [-0.15, -0.1) is 0 Å². The minimum absolute atomic E-state index is 0.212. The van der Waals surface area contributed by atoms with E-state index < -0.39 is 0 Å². The lowest BCUT2D eigenvalue weighted by atomic mass is 10.4. The summed E-state index contributed by atoms with van der Waals surface area (Å²) in [4.78, 5) is 12.3. The summed E-state index contributed by atoms with van der Waals surface area (Å²) in [6, 6.07) is 16.5. The molecule has 0 amide bonds. The molecule has 6 heteroatoms. The fraction of sp³-hybridized carbons (Fsp3) is 0.0526. The first-order chi connectivity index (χ1) is 12.4. The van der Waals surface area contributed by atoms with Gasteiger partial charge in [0.25, 0.3) is 0 Å². The smallest absolute Gasteiger partial charge is 0.158 e. The number of aliphatic imine (C=N–C) groups is 1. The fourth-order valence-electron chi connectivity index (χ4n) is 1.72. The number of nitriles is 1. The summed E-state index contributed by atoms with van der Waals surface area (Å²) in [5.74, 6) is 0. The van der Waals surface area contributed by atoms with Crippen molar-refractivity contribution in [3.8, 4) is 6.07 Å². The topological polar surface area (TPSA) is 80.0 Å². The van der Waals surface area contributed by atoms with Crippen LogP contribution in [0.2, 0.25) is 0 Å². The van der Waals surface area contributed by atoms with E-state index in [4.69, 9.17) is 9.68 Å². The lowest BCUT2D eigenvalue weighted by molar-refractivity contribution is 0.554. The Morgan fingerprint density at radius 1 is 1.00 bits per heavy atom. The Morgan fingerprint density at radius 2 is 1.80 bits per heavy atom. The van der Waals surface area contributed by atoms with Gasteiger partial charge in [0.15, 0.2) is 5.69 Å². The largest absolute Gasteiger partial charge is 0.473 e. The minimum atomic E-state index is 0.212. The van der Waals surface area contributed by atoms with Gasteiger partial charge in [-0.05, 0) is 24.3 Å². The Morgan fingerprint density at radius 3 is 2.64 bits per heavy atom. The first-order valence-electron chi connectivity index (χ1n) is 7.52. The first kappa shape index (κ1) is 17.6. The van der Waals surface area contributed by atoms with Crippen molar-refractivity contribution in [1.29, 1.82) is 5.26 Å². The van der Waals surface area contributed by atoms with Gasteiger partial charge in [0, 0.05) is 24.8 Å². The minimum Gasteiger partial charge on any atom is -0.473 e. The van der Waals surface area contributed by atoms with Crippen molar-refractivity contribution < 1.29 is 4.42 Å². The van der Waals surface area contributed by atoms with Crippen LogP contribution in [0.5, 0.6) is 0 Å². The molecule has 1 aromatic rings. The second kappa shape index (κ2) is 10.9. The number of hydrogen-bond donors (Lipinski definition) is 0. The summed E-state index contributed by atoms with van der Waals surface area (Å²) >= 11 is 0. The van der Waals surface area contributed by atoms with Crippen LogP contribution in [-0.2, 0) is 6.67 Å². The van der Waals surface area contributed by atoms with Gasteiger partial charge < -0.3 is 8.98 Å². The molecule has 0 atom stereocenters. The number of aromatic nitrogens is 3. The van der Waals surface area contributed by atoms with Crippen LogP contribution >= 0.6 is 0 Å². The van der Waals surface area contributed by atoms with Crippen LogP contribution < -0.4 is 0 Å². The highest BCUT2D eigenvalue weighted by atomic mass is 16.3. The van der Waals surface area contributed by atoms with Crippen molar-refractivity contribution in [3.63, 3.8) is 0 Å². The van der Waals surface area contributed by atoms with Crippen LogP contribution in [0.3, 0.4) is 0 Å². The molecular weight excluding hydrogens is 314 g/mol. The van der Waals surface area contributed by atoms with Crippen LogP contribution in [0.25, 0.3) is 0 Å². The van der Waals surface area contributed by atoms with Gasteiger partial charge in [-0.1, -0.05) is 24.3 Å². The number of nitrogens with zero attached hydrogens (tertiary/aromatic N) is 5. The van der Waals surface area contributed by atoms with Crippen molar-refractivity contribution in [2.45, 2.75) is 6.67 Å². The van der Waals surface area contributed by atoms with E-state index in [9.17, 15) is 0 Å².